The average Bonchev–Trinajstić information content (AvgIpc) is 3.00. The summed E-state index contributed by atoms with van der Waals surface area (Å²) in [5.74, 6) is -0.399. The number of aliphatic carboxylic acids is 1. The number of hydrogen-bond acceptors (Lipinski definition) is 4. The van der Waals surface area contributed by atoms with Crippen molar-refractivity contribution < 1.29 is 37.3 Å². The van der Waals surface area contributed by atoms with Crippen LogP contribution in [0.15, 0.2) is 91.0 Å². The van der Waals surface area contributed by atoms with Crippen LogP contribution in [-0.2, 0) is 41.7 Å². The molecule has 0 saturated carbocycles. The van der Waals surface area contributed by atoms with E-state index in [0.717, 1.165) is 23.3 Å². The van der Waals surface area contributed by atoms with E-state index in [9.17, 15) is 27.9 Å². The number of carbonyl (C=O) groups excluding carboxylic acids is 1. The first-order chi connectivity index (χ1) is 21.1. The number of para-hydroxylation sites is 1. The molecule has 4 aromatic rings. The highest BCUT2D eigenvalue weighted by atomic mass is 19.4. The quantitative estimate of drug-likeness (QED) is 0.176. The maximum Gasteiger partial charge on any atom is 0.416 e. The predicted octanol–water partition coefficient (Wildman–Crippen LogP) is 8.15. The molecular formula is C35H34F3NO5. The van der Waals surface area contributed by atoms with Crippen molar-refractivity contribution in [1.82, 2.24) is 4.90 Å². The van der Waals surface area contributed by atoms with E-state index in [-0.39, 0.29) is 38.1 Å². The van der Waals surface area contributed by atoms with Crippen LogP contribution < -0.4 is 4.74 Å². The Morgan fingerprint density at radius 1 is 0.818 bits per heavy atom. The Kier molecular flexibility index (Phi) is 10.7. The molecule has 0 heterocycles. The minimum atomic E-state index is -4.61. The second-order valence-electron chi connectivity index (χ2n) is 10.2. The smallest absolute Gasteiger partial charge is 0.416 e. The van der Waals surface area contributed by atoms with Gasteiger partial charge in [-0.15, -0.1) is 0 Å². The number of carboxylic acids is 1. The van der Waals surface area contributed by atoms with E-state index < -0.39 is 23.8 Å². The van der Waals surface area contributed by atoms with Crippen molar-refractivity contribution in [1.29, 1.82) is 0 Å². The Morgan fingerprint density at radius 2 is 1.52 bits per heavy atom. The van der Waals surface area contributed by atoms with Crippen LogP contribution in [0.3, 0.4) is 0 Å². The van der Waals surface area contributed by atoms with Gasteiger partial charge in [-0.2, -0.15) is 13.2 Å². The first-order valence-corrected chi connectivity index (χ1v) is 14.3. The fourth-order valence-electron chi connectivity index (χ4n) is 5.05. The van der Waals surface area contributed by atoms with Crippen LogP contribution in [0.2, 0.25) is 0 Å². The number of carbonyl (C=O) groups is 2. The van der Waals surface area contributed by atoms with Gasteiger partial charge in [-0.1, -0.05) is 72.8 Å². The molecule has 0 aliphatic carbocycles. The SMILES string of the molecule is CCOc1ccccc1Cc1c(CC(=O)O)cccc1-c1ccc(C(F)(F)F)cc1CN(CC)C(=O)OCc1ccccc1. The van der Waals surface area contributed by atoms with E-state index in [1.165, 1.54) is 11.0 Å². The molecule has 4 rings (SSSR count). The summed E-state index contributed by atoms with van der Waals surface area (Å²) in [6.07, 6.45) is -5.26. The molecule has 0 spiro atoms. The number of carboxylic acid groups (broad SMARTS) is 1. The van der Waals surface area contributed by atoms with Gasteiger partial charge < -0.3 is 19.5 Å². The summed E-state index contributed by atoms with van der Waals surface area (Å²) in [6.45, 7) is 4.07. The number of alkyl halides is 3. The van der Waals surface area contributed by atoms with Gasteiger partial charge in [0, 0.05) is 19.5 Å². The fraction of sp³-hybridized carbons (Fsp3) is 0.257. The molecule has 1 N–H and O–H groups in total. The fourth-order valence-corrected chi connectivity index (χ4v) is 5.05. The van der Waals surface area contributed by atoms with Gasteiger partial charge >= 0.3 is 18.2 Å². The predicted molar refractivity (Wildman–Crippen MR) is 161 cm³/mol. The zero-order valence-electron chi connectivity index (χ0n) is 24.6. The van der Waals surface area contributed by atoms with Gasteiger partial charge in [-0.05, 0) is 71.0 Å². The van der Waals surface area contributed by atoms with E-state index in [2.05, 4.69) is 0 Å². The lowest BCUT2D eigenvalue weighted by molar-refractivity contribution is -0.138. The van der Waals surface area contributed by atoms with Crippen molar-refractivity contribution in [2.24, 2.45) is 0 Å². The molecule has 0 aliphatic heterocycles. The third kappa shape index (κ3) is 8.18. The first kappa shape index (κ1) is 32.1. The highest BCUT2D eigenvalue weighted by molar-refractivity contribution is 5.77. The molecule has 4 aromatic carbocycles. The van der Waals surface area contributed by atoms with Crippen LogP contribution in [0.25, 0.3) is 11.1 Å². The maximum atomic E-state index is 13.9. The highest BCUT2D eigenvalue weighted by Crippen LogP contribution is 2.37. The lowest BCUT2D eigenvalue weighted by Crippen LogP contribution is -2.31. The van der Waals surface area contributed by atoms with Crippen LogP contribution in [0, 0.1) is 0 Å². The molecule has 0 fully saturated rings. The van der Waals surface area contributed by atoms with Crippen LogP contribution in [0.1, 0.15) is 47.2 Å². The summed E-state index contributed by atoms with van der Waals surface area (Å²) >= 11 is 0. The molecule has 0 radical (unpaired) electrons. The Hall–Kier alpha value is -4.79. The van der Waals surface area contributed by atoms with Crippen molar-refractivity contribution in [3.63, 3.8) is 0 Å². The van der Waals surface area contributed by atoms with Gasteiger partial charge in [-0.3, -0.25) is 4.79 Å². The molecule has 0 bridgehead atoms. The van der Waals surface area contributed by atoms with Crippen LogP contribution in [-0.4, -0.2) is 35.2 Å². The van der Waals surface area contributed by atoms with Gasteiger partial charge in [0.1, 0.15) is 12.4 Å². The molecule has 0 atom stereocenters. The average molecular weight is 606 g/mol. The summed E-state index contributed by atoms with van der Waals surface area (Å²) in [6, 6.07) is 25.1. The lowest BCUT2D eigenvalue weighted by atomic mass is 9.87. The largest absolute Gasteiger partial charge is 0.494 e. The van der Waals surface area contributed by atoms with Crippen LogP contribution in [0.4, 0.5) is 18.0 Å². The molecule has 0 aliphatic rings. The number of benzene rings is 4. The number of halogens is 3. The van der Waals surface area contributed by atoms with Gasteiger partial charge in [0.25, 0.3) is 0 Å². The number of ether oxygens (including phenoxy) is 2. The second kappa shape index (κ2) is 14.6. The Morgan fingerprint density at radius 3 is 2.20 bits per heavy atom. The van der Waals surface area contributed by atoms with Gasteiger partial charge in [0.2, 0.25) is 0 Å². The number of rotatable bonds is 12. The van der Waals surface area contributed by atoms with Crippen molar-refractivity contribution in [3.05, 3.63) is 124 Å². The molecule has 0 saturated heterocycles. The van der Waals surface area contributed by atoms with Crippen molar-refractivity contribution in [2.75, 3.05) is 13.2 Å². The van der Waals surface area contributed by atoms with Crippen molar-refractivity contribution in [2.45, 2.75) is 46.0 Å². The normalized spacial score (nSPS) is 11.2. The summed E-state index contributed by atoms with van der Waals surface area (Å²) in [5.41, 5.74) is 3.21. The summed E-state index contributed by atoms with van der Waals surface area (Å²) < 4.78 is 53.0. The topological polar surface area (TPSA) is 76.1 Å². The monoisotopic (exact) mass is 605 g/mol. The highest BCUT2D eigenvalue weighted by Gasteiger charge is 2.32. The third-order valence-electron chi connectivity index (χ3n) is 7.18. The van der Waals surface area contributed by atoms with E-state index >= 15 is 0 Å². The maximum absolute atomic E-state index is 13.9. The molecule has 1 amide bonds. The summed E-state index contributed by atoms with van der Waals surface area (Å²) in [7, 11) is 0. The zero-order chi connectivity index (χ0) is 31.7. The molecule has 9 heteroatoms. The van der Waals surface area contributed by atoms with E-state index in [1.807, 2.05) is 61.5 Å². The van der Waals surface area contributed by atoms with Crippen LogP contribution >= 0.6 is 0 Å². The molecule has 6 nitrogen and oxygen atoms in total. The molecule has 0 unspecified atom stereocenters. The van der Waals surface area contributed by atoms with E-state index in [0.29, 0.717) is 34.6 Å². The Bertz CT molecular complexity index is 1590. The lowest BCUT2D eigenvalue weighted by Gasteiger charge is -2.24. The van der Waals surface area contributed by atoms with Crippen molar-refractivity contribution in [3.8, 4) is 16.9 Å². The first-order valence-electron chi connectivity index (χ1n) is 14.3. The number of nitrogens with zero attached hydrogens (tertiary/aromatic N) is 1. The van der Waals surface area contributed by atoms with Crippen molar-refractivity contribution >= 4 is 12.1 Å². The summed E-state index contributed by atoms with van der Waals surface area (Å²) in [4.78, 5) is 26.2. The van der Waals surface area contributed by atoms with E-state index in [1.54, 1.807) is 25.1 Å². The molecular weight excluding hydrogens is 571 g/mol. The minimum absolute atomic E-state index is 0.0201. The van der Waals surface area contributed by atoms with Gasteiger partial charge in [0.15, 0.2) is 0 Å². The standard InChI is InChI=1S/C35H34F3NO5/c1-3-39(34(42)44-23-24-11-6-5-7-12-24)22-27-19-28(35(36,37)38)17-18-29(27)30-15-10-14-25(21-33(40)41)31(30)20-26-13-8-9-16-32(26)43-4-2/h5-19H,3-4,20-23H2,1-2H3,(H,40,41). The van der Waals surface area contributed by atoms with Crippen LogP contribution in [0.5, 0.6) is 5.75 Å². The molecule has 44 heavy (non-hydrogen) atoms. The Labute approximate surface area is 254 Å². The molecule has 0 aromatic heterocycles. The van der Waals surface area contributed by atoms with Gasteiger partial charge in [-0.25, -0.2) is 4.79 Å². The zero-order valence-corrected chi connectivity index (χ0v) is 24.6. The third-order valence-corrected chi connectivity index (χ3v) is 7.18. The molecule has 230 valence electrons. The Balaban J connectivity index is 1.79. The number of amides is 1. The van der Waals surface area contributed by atoms with Gasteiger partial charge in [0.05, 0.1) is 18.6 Å². The van der Waals surface area contributed by atoms with E-state index in [4.69, 9.17) is 9.47 Å². The summed E-state index contributed by atoms with van der Waals surface area (Å²) in [5, 5.41) is 9.68. The number of hydrogen-bond donors (Lipinski definition) is 1. The minimum Gasteiger partial charge on any atom is -0.494 e. The second-order valence-corrected chi connectivity index (χ2v) is 10.2.